The molecule has 1 heterocycles. The zero-order chi connectivity index (χ0) is 17.0. The number of nitriles is 2. The second kappa shape index (κ2) is 6.64. The zero-order valence-electron chi connectivity index (χ0n) is 13.1. The molecule has 2 rings (SSSR count). The molecular formula is C18H15N3O2. The van der Waals surface area contributed by atoms with Crippen LogP contribution in [0.25, 0.3) is 6.08 Å². The number of benzene rings is 1. The van der Waals surface area contributed by atoms with E-state index in [0.717, 1.165) is 5.69 Å². The van der Waals surface area contributed by atoms with E-state index >= 15 is 0 Å². The Morgan fingerprint density at radius 1 is 1.26 bits per heavy atom. The monoisotopic (exact) mass is 305 g/mol. The minimum atomic E-state index is -0.364. The number of carbonyl (C=O) groups is 1. The predicted octanol–water partition coefficient (Wildman–Crippen LogP) is 3.00. The van der Waals surface area contributed by atoms with E-state index in [1.807, 2.05) is 13.0 Å². The molecule has 1 aromatic heterocycles. The molecule has 0 spiro atoms. The summed E-state index contributed by atoms with van der Waals surface area (Å²) in [6, 6.07) is 12.2. The third-order valence-corrected chi connectivity index (χ3v) is 3.71. The predicted molar refractivity (Wildman–Crippen MR) is 85.8 cm³/mol. The average molecular weight is 305 g/mol. The van der Waals surface area contributed by atoms with Gasteiger partial charge in [-0.15, -0.1) is 0 Å². The first kappa shape index (κ1) is 16.1. The van der Waals surface area contributed by atoms with Gasteiger partial charge in [-0.1, -0.05) is 0 Å². The number of aromatic nitrogens is 1. The molecular weight excluding hydrogens is 290 g/mol. The number of hydrogen-bond acceptors (Lipinski definition) is 4. The summed E-state index contributed by atoms with van der Waals surface area (Å²) in [4.78, 5) is 12.4. The van der Waals surface area contributed by atoms with E-state index in [1.54, 1.807) is 49.1 Å². The molecule has 0 aliphatic carbocycles. The van der Waals surface area contributed by atoms with E-state index in [9.17, 15) is 10.1 Å². The van der Waals surface area contributed by atoms with Gasteiger partial charge < -0.3 is 9.30 Å². The molecule has 23 heavy (non-hydrogen) atoms. The van der Waals surface area contributed by atoms with Gasteiger partial charge in [0.05, 0.1) is 7.11 Å². The molecule has 1 aromatic carbocycles. The highest BCUT2D eigenvalue weighted by atomic mass is 16.5. The Morgan fingerprint density at radius 2 is 1.91 bits per heavy atom. The molecule has 0 unspecified atom stereocenters. The summed E-state index contributed by atoms with van der Waals surface area (Å²) in [6.45, 7) is 1.83. The summed E-state index contributed by atoms with van der Waals surface area (Å²) in [6.07, 6.45) is 1.52. The third kappa shape index (κ3) is 3.14. The van der Waals surface area contributed by atoms with Crippen molar-refractivity contribution in [3.63, 3.8) is 0 Å². The summed E-state index contributed by atoms with van der Waals surface area (Å²) >= 11 is 0. The molecule has 0 saturated heterocycles. The smallest absolute Gasteiger partial charge is 0.203 e. The van der Waals surface area contributed by atoms with Crippen LogP contribution in [-0.2, 0) is 7.05 Å². The van der Waals surface area contributed by atoms with Crippen LogP contribution in [0.5, 0.6) is 5.75 Å². The topological polar surface area (TPSA) is 78.8 Å². The molecule has 0 atom stereocenters. The summed E-state index contributed by atoms with van der Waals surface area (Å²) in [7, 11) is 3.31. The van der Waals surface area contributed by atoms with E-state index in [-0.39, 0.29) is 11.4 Å². The fourth-order valence-electron chi connectivity index (χ4n) is 2.18. The van der Waals surface area contributed by atoms with E-state index in [1.165, 1.54) is 6.08 Å². The lowest BCUT2D eigenvalue weighted by atomic mass is 10.0. The van der Waals surface area contributed by atoms with Crippen molar-refractivity contribution in [2.75, 3.05) is 7.11 Å². The zero-order valence-corrected chi connectivity index (χ0v) is 13.1. The summed E-state index contributed by atoms with van der Waals surface area (Å²) in [5.41, 5.74) is 2.41. The molecule has 0 radical (unpaired) electrons. The van der Waals surface area contributed by atoms with Crippen molar-refractivity contribution < 1.29 is 9.53 Å². The Morgan fingerprint density at radius 3 is 2.39 bits per heavy atom. The van der Waals surface area contributed by atoms with Crippen LogP contribution in [0, 0.1) is 29.6 Å². The van der Waals surface area contributed by atoms with Gasteiger partial charge in [0.2, 0.25) is 5.78 Å². The molecule has 0 saturated carbocycles. The number of carbonyl (C=O) groups excluding carboxylic acids is 1. The van der Waals surface area contributed by atoms with Gasteiger partial charge in [0.25, 0.3) is 0 Å². The lowest BCUT2D eigenvalue weighted by Gasteiger charge is -2.02. The quantitative estimate of drug-likeness (QED) is 0.494. The van der Waals surface area contributed by atoms with Gasteiger partial charge in [-0.2, -0.15) is 10.5 Å². The van der Waals surface area contributed by atoms with E-state index in [0.29, 0.717) is 22.6 Å². The summed E-state index contributed by atoms with van der Waals surface area (Å²) < 4.78 is 6.77. The maximum Gasteiger partial charge on any atom is 0.203 e. The number of allylic oxidation sites excluding steroid dienone is 1. The minimum absolute atomic E-state index is 0.0216. The van der Waals surface area contributed by atoms with E-state index in [4.69, 9.17) is 10.00 Å². The van der Waals surface area contributed by atoms with Crippen molar-refractivity contribution in [3.8, 4) is 17.9 Å². The van der Waals surface area contributed by atoms with Gasteiger partial charge in [-0.05, 0) is 48.9 Å². The van der Waals surface area contributed by atoms with E-state index in [2.05, 4.69) is 6.07 Å². The van der Waals surface area contributed by atoms with Gasteiger partial charge in [-0.3, -0.25) is 4.79 Å². The summed E-state index contributed by atoms with van der Waals surface area (Å²) in [5.74, 6) is 0.276. The van der Waals surface area contributed by atoms with Gasteiger partial charge in [-0.25, -0.2) is 0 Å². The van der Waals surface area contributed by atoms with Crippen molar-refractivity contribution in [1.82, 2.24) is 4.57 Å². The maximum atomic E-state index is 12.4. The number of hydrogen-bond donors (Lipinski definition) is 0. The SMILES string of the molecule is COc1ccc(C(=O)/C(C#N)=C/c2cc(C#N)n(C)c2C)cc1. The first-order chi connectivity index (χ1) is 11.0. The van der Waals surface area contributed by atoms with Gasteiger partial charge in [0.1, 0.15) is 29.2 Å². The first-order valence-corrected chi connectivity index (χ1v) is 6.88. The normalized spacial score (nSPS) is 10.7. The molecule has 0 amide bonds. The number of rotatable bonds is 4. The minimum Gasteiger partial charge on any atom is -0.497 e. The second-order valence-corrected chi connectivity index (χ2v) is 4.97. The Bertz CT molecular complexity index is 859. The van der Waals surface area contributed by atoms with Crippen LogP contribution in [0.4, 0.5) is 0 Å². The fourth-order valence-corrected chi connectivity index (χ4v) is 2.18. The van der Waals surface area contributed by atoms with Gasteiger partial charge >= 0.3 is 0 Å². The number of Topliss-reactive ketones (excluding diaryl/α,β-unsaturated/α-hetero) is 1. The first-order valence-electron chi connectivity index (χ1n) is 6.88. The van der Waals surface area contributed by atoms with Crippen LogP contribution in [0.15, 0.2) is 35.9 Å². The standard InChI is InChI=1S/C18H15N3O2/c1-12-14(9-16(11-20)21(12)2)8-15(10-19)18(22)13-4-6-17(23-3)7-5-13/h4-9H,1-3H3/b15-8+. The Labute approximate surface area is 134 Å². The average Bonchev–Trinajstić information content (AvgIpc) is 2.86. The molecule has 5 nitrogen and oxygen atoms in total. The van der Waals surface area contributed by atoms with Gasteiger partial charge in [0, 0.05) is 18.3 Å². The van der Waals surface area contributed by atoms with Crippen LogP contribution in [0.2, 0.25) is 0 Å². The van der Waals surface area contributed by atoms with Crippen LogP contribution in [0.3, 0.4) is 0 Å². The Hall–Kier alpha value is -3.31. The van der Waals surface area contributed by atoms with Crippen molar-refractivity contribution in [2.24, 2.45) is 7.05 Å². The largest absolute Gasteiger partial charge is 0.497 e. The molecule has 0 N–H and O–H groups in total. The van der Waals surface area contributed by atoms with Crippen LogP contribution in [0.1, 0.15) is 27.3 Å². The van der Waals surface area contributed by atoms with Crippen LogP contribution < -0.4 is 4.74 Å². The van der Waals surface area contributed by atoms with Crippen molar-refractivity contribution in [1.29, 1.82) is 10.5 Å². The lowest BCUT2D eigenvalue weighted by molar-refractivity contribution is 0.104. The van der Waals surface area contributed by atoms with Crippen LogP contribution >= 0.6 is 0 Å². The van der Waals surface area contributed by atoms with E-state index < -0.39 is 0 Å². The molecule has 0 fully saturated rings. The highest BCUT2D eigenvalue weighted by molar-refractivity contribution is 6.14. The van der Waals surface area contributed by atoms with Crippen molar-refractivity contribution in [3.05, 3.63) is 58.4 Å². The fraction of sp³-hybridized carbons (Fsp3) is 0.167. The number of nitrogens with zero attached hydrogens (tertiary/aromatic N) is 3. The Kier molecular flexibility index (Phi) is 4.64. The highest BCUT2D eigenvalue weighted by Gasteiger charge is 2.14. The third-order valence-electron chi connectivity index (χ3n) is 3.71. The molecule has 5 heteroatoms. The molecule has 0 aliphatic heterocycles. The molecule has 114 valence electrons. The molecule has 0 bridgehead atoms. The van der Waals surface area contributed by atoms with Gasteiger partial charge in [0.15, 0.2) is 0 Å². The number of ketones is 1. The number of methoxy groups -OCH3 is 1. The second-order valence-electron chi connectivity index (χ2n) is 4.97. The van der Waals surface area contributed by atoms with Crippen molar-refractivity contribution >= 4 is 11.9 Å². The number of ether oxygens (including phenoxy) is 1. The maximum absolute atomic E-state index is 12.4. The van der Waals surface area contributed by atoms with Crippen molar-refractivity contribution in [2.45, 2.75) is 6.92 Å². The molecule has 2 aromatic rings. The lowest BCUT2D eigenvalue weighted by Crippen LogP contribution is -2.02. The molecule has 0 aliphatic rings. The Balaban J connectivity index is 2.41. The van der Waals surface area contributed by atoms with Crippen LogP contribution in [-0.4, -0.2) is 17.5 Å². The summed E-state index contributed by atoms with van der Waals surface area (Å²) in [5, 5.41) is 18.4. The highest BCUT2D eigenvalue weighted by Crippen LogP contribution is 2.20.